The first kappa shape index (κ1) is 12.9. The minimum atomic E-state index is -0.731. The number of nitrogen functional groups attached to an aromatic ring is 1. The van der Waals surface area contributed by atoms with Gasteiger partial charge >= 0.3 is 0 Å². The highest BCUT2D eigenvalue weighted by Gasteiger charge is 2.17. The molecule has 0 atom stereocenters. The average Bonchev–Trinajstić information content (AvgIpc) is 2.55. The van der Waals surface area contributed by atoms with Gasteiger partial charge in [0.05, 0.1) is 12.1 Å². The summed E-state index contributed by atoms with van der Waals surface area (Å²) in [7, 11) is 1.92. The van der Waals surface area contributed by atoms with Gasteiger partial charge in [0.1, 0.15) is 5.52 Å². The van der Waals surface area contributed by atoms with Crippen LogP contribution in [0.5, 0.6) is 0 Å². The van der Waals surface area contributed by atoms with E-state index < -0.39 is 5.60 Å². The van der Waals surface area contributed by atoms with Crippen LogP contribution in [0.1, 0.15) is 19.7 Å². The summed E-state index contributed by atoms with van der Waals surface area (Å²) in [6.45, 7) is 4.65. The van der Waals surface area contributed by atoms with Crippen molar-refractivity contribution < 1.29 is 9.52 Å². The zero-order valence-corrected chi connectivity index (χ0v) is 11.0. The molecule has 2 rings (SSSR count). The van der Waals surface area contributed by atoms with E-state index in [1.54, 1.807) is 26.0 Å². The van der Waals surface area contributed by atoms with Gasteiger partial charge in [0.25, 0.3) is 0 Å². The van der Waals surface area contributed by atoms with Crippen LogP contribution in [0.2, 0.25) is 0 Å². The van der Waals surface area contributed by atoms with Gasteiger partial charge in [-0.2, -0.15) is 0 Å². The summed E-state index contributed by atoms with van der Waals surface area (Å²) in [5, 5.41) is 9.73. The minimum absolute atomic E-state index is 0.549. The Hall–Kier alpha value is -1.59. The predicted octanol–water partition coefficient (Wildman–Crippen LogP) is 1.61. The van der Waals surface area contributed by atoms with Gasteiger partial charge in [-0.25, -0.2) is 4.98 Å². The normalized spacial score (nSPS) is 12.5. The van der Waals surface area contributed by atoms with E-state index >= 15 is 0 Å². The number of aliphatic hydroxyl groups is 1. The van der Waals surface area contributed by atoms with Crippen LogP contribution in [0.3, 0.4) is 0 Å². The third-order valence-corrected chi connectivity index (χ3v) is 2.52. The SMILES string of the molecule is CN(Cc1nc2cc(N)ccc2o1)CC(C)(C)O. The van der Waals surface area contributed by atoms with Crippen LogP contribution in [0.4, 0.5) is 5.69 Å². The Morgan fingerprint density at radius 1 is 1.44 bits per heavy atom. The third-order valence-electron chi connectivity index (χ3n) is 2.52. The van der Waals surface area contributed by atoms with Crippen molar-refractivity contribution in [2.24, 2.45) is 0 Å². The molecular formula is C13H19N3O2. The molecule has 0 bridgehead atoms. The van der Waals surface area contributed by atoms with E-state index in [4.69, 9.17) is 10.2 Å². The highest BCUT2D eigenvalue weighted by molar-refractivity contribution is 5.76. The van der Waals surface area contributed by atoms with Crippen molar-refractivity contribution in [1.29, 1.82) is 0 Å². The zero-order chi connectivity index (χ0) is 13.3. The maximum Gasteiger partial charge on any atom is 0.209 e. The van der Waals surface area contributed by atoms with Gasteiger partial charge in [-0.1, -0.05) is 0 Å². The van der Waals surface area contributed by atoms with E-state index in [0.717, 1.165) is 11.1 Å². The second-order valence-corrected chi connectivity index (χ2v) is 5.32. The maximum atomic E-state index is 9.73. The number of anilines is 1. The van der Waals surface area contributed by atoms with E-state index in [2.05, 4.69) is 4.98 Å². The van der Waals surface area contributed by atoms with Gasteiger partial charge in [-0.15, -0.1) is 0 Å². The second kappa shape index (κ2) is 4.59. The summed E-state index contributed by atoms with van der Waals surface area (Å²) in [5.74, 6) is 0.627. The van der Waals surface area contributed by atoms with Crippen LogP contribution in [0.25, 0.3) is 11.1 Å². The van der Waals surface area contributed by atoms with Crippen LogP contribution < -0.4 is 5.73 Å². The molecule has 5 nitrogen and oxygen atoms in total. The number of nitrogens with zero attached hydrogens (tertiary/aromatic N) is 2. The van der Waals surface area contributed by atoms with Crippen LogP contribution in [0, 0.1) is 0 Å². The number of hydrogen-bond acceptors (Lipinski definition) is 5. The minimum Gasteiger partial charge on any atom is -0.439 e. The van der Waals surface area contributed by atoms with E-state index in [9.17, 15) is 5.11 Å². The first-order chi connectivity index (χ1) is 8.33. The Bertz CT molecular complexity index is 543. The van der Waals surface area contributed by atoms with Gasteiger partial charge in [-0.3, -0.25) is 4.90 Å². The molecule has 18 heavy (non-hydrogen) atoms. The molecule has 0 aliphatic carbocycles. The molecule has 0 amide bonds. The number of oxazole rings is 1. The Kier molecular flexibility index (Phi) is 3.28. The molecule has 0 saturated heterocycles. The summed E-state index contributed by atoms with van der Waals surface area (Å²) >= 11 is 0. The average molecular weight is 249 g/mol. The number of likely N-dealkylation sites (N-methyl/N-ethyl adjacent to an activating group) is 1. The van der Waals surface area contributed by atoms with Gasteiger partial charge in [-0.05, 0) is 39.1 Å². The molecule has 0 spiro atoms. The largest absolute Gasteiger partial charge is 0.439 e. The molecule has 1 aromatic heterocycles. The van der Waals surface area contributed by atoms with Crippen molar-refractivity contribution in [1.82, 2.24) is 9.88 Å². The zero-order valence-electron chi connectivity index (χ0n) is 11.0. The molecule has 0 aliphatic heterocycles. The Morgan fingerprint density at radius 2 is 2.17 bits per heavy atom. The number of rotatable bonds is 4. The van der Waals surface area contributed by atoms with E-state index in [1.807, 2.05) is 18.0 Å². The molecule has 0 unspecified atom stereocenters. The summed E-state index contributed by atoms with van der Waals surface area (Å²) in [4.78, 5) is 6.34. The van der Waals surface area contributed by atoms with Gasteiger partial charge in [0.2, 0.25) is 5.89 Å². The fourth-order valence-corrected chi connectivity index (χ4v) is 2.01. The summed E-state index contributed by atoms with van der Waals surface area (Å²) < 4.78 is 5.62. The number of nitrogens with two attached hydrogens (primary N) is 1. The summed E-state index contributed by atoms with van der Waals surface area (Å²) in [6.07, 6.45) is 0. The fraction of sp³-hybridized carbons (Fsp3) is 0.462. The maximum absolute atomic E-state index is 9.73. The molecule has 1 aromatic carbocycles. The second-order valence-electron chi connectivity index (χ2n) is 5.32. The lowest BCUT2D eigenvalue weighted by molar-refractivity contribution is 0.0404. The highest BCUT2D eigenvalue weighted by atomic mass is 16.3. The van der Waals surface area contributed by atoms with Crippen LogP contribution >= 0.6 is 0 Å². The van der Waals surface area contributed by atoms with Crippen molar-refractivity contribution in [3.8, 4) is 0 Å². The first-order valence-corrected chi connectivity index (χ1v) is 5.89. The molecule has 1 heterocycles. The van der Waals surface area contributed by atoms with Gasteiger partial charge in [0, 0.05) is 12.2 Å². The van der Waals surface area contributed by atoms with Crippen molar-refractivity contribution in [3.63, 3.8) is 0 Å². The Labute approximate surface area is 106 Å². The number of hydrogen-bond donors (Lipinski definition) is 2. The molecule has 98 valence electrons. The lowest BCUT2D eigenvalue weighted by Crippen LogP contribution is -2.35. The molecular weight excluding hydrogens is 230 g/mol. The van der Waals surface area contributed by atoms with Gasteiger partial charge in [0.15, 0.2) is 5.58 Å². The standard InChI is InChI=1S/C13H19N3O2/c1-13(2,17)8-16(3)7-12-15-10-6-9(14)4-5-11(10)18-12/h4-6,17H,7-8,14H2,1-3H3. The summed E-state index contributed by atoms with van der Waals surface area (Å²) in [5.41, 5.74) is 7.13. The van der Waals surface area contributed by atoms with E-state index in [0.29, 0.717) is 24.7 Å². The predicted molar refractivity (Wildman–Crippen MR) is 71.1 cm³/mol. The van der Waals surface area contributed by atoms with Crippen LogP contribution in [0.15, 0.2) is 22.6 Å². The molecule has 2 aromatic rings. The van der Waals surface area contributed by atoms with Crippen molar-refractivity contribution in [2.45, 2.75) is 26.0 Å². The van der Waals surface area contributed by atoms with Crippen molar-refractivity contribution >= 4 is 16.8 Å². The molecule has 0 radical (unpaired) electrons. The Morgan fingerprint density at radius 3 is 2.83 bits per heavy atom. The van der Waals surface area contributed by atoms with Crippen LogP contribution in [-0.2, 0) is 6.54 Å². The number of benzene rings is 1. The number of aromatic nitrogens is 1. The van der Waals surface area contributed by atoms with Crippen molar-refractivity contribution in [2.75, 3.05) is 19.3 Å². The first-order valence-electron chi connectivity index (χ1n) is 5.89. The molecule has 0 fully saturated rings. The molecule has 5 heteroatoms. The molecule has 0 saturated carbocycles. The lowest BCUT2D eigenvalue weighted by atomic mass is 10.1. The lowest BCUT2D eigenvalue weighted by Gasteiger charge is -2.24. The van der Waals surface area contributed by atoms with E-state index in [1.165, 1.54) is 0 Å². The quantitative estimate of drug-likeness (QED) is 0.805. The fourth-order valence-electron chi connectivity index (χ4n) is 2.01. The van der Waals surface area contributed by atoms with Crippen molar-refractivity contribution in [3.05, 3.63) is 24.1 Å². The smallest absolute Gasteiger partial charge is 0.209 e. The number of fused-ring (bicyclic) bond motifs is 1. The Balaban J connectivity index is 2.12. The van der Waals surface area contributed by atoms with E-state index in [-0.39, 0.29) is 0 Å². The topological polar surface area (TPSA) is 75.5 Å². The third kappa shape index (κ3) is 3.21. The molecule has 3 N–H and O–H groups in total. The van der Waals surface area contributed by atoms with Crippen LogP contribution in [-0.4, -0.2) is 34.2 Å². The monoisotopic (exact) mass is 249 g/mol. The molecule has 0 aliphatic rings. The van der Waals surface area contributed by atoms with Gasteiger partial charge < -0.3 is 15.3 Å². The summed E-state index contributed by atoms with van der Waals surface area (Å²) in [6, 6.07) is 5.40. The highest BCUT2D eigenvalue weighted by Crippen LogP contribution is 2.19.